The molecule has 0 saturated carbocycles. The zero-order chi connectivity index (χ0) is 18.4. The fourth-order valence-corrected chi connectivity index (χ4v) is 3.60. The Morgan fingerprint density at radius 2 is 2.04 bits per heavy atom. The standard InChI is InChI=1S/C20H20N6O/c1-12-11-26(7-6-22-12)14-9-17-16(23-10-14)4-3-15(24-17)13-2-5-19-18(8-13)25-20(21)27-19/h2-5,8-10,12,22H,6-7,11H2,1H3,(H2,21,25). The van der Waals surface area contributed by atoms with Gasteiger partial charge in [0.2, 0.25) is 0 Å². The SMILES string of the molecule is CC1CN(c2cnc3ccc(-c4ccc5oc(N)nc5c4)nc3c2)CCN1. The first-order valence-electron chi connectivity index (χ1n) is 9.07. The summed E-state index contributed by atoms with van der Waals surface area (Å²) in [5.41, 5.74) is 11.8. The summed E-state index contributed by atoms with van der Waals surface area (Å²) in [6.07, 6.45) is 1.94. The van der Waals surface area contributed by atoms with Gasteiger partial charge in [-0.05, 0) is 43.3 Å². The van der Waals surface area contributed by atoms with Gasteiger partial charge in [0.25, 0.3) is 6.01 Å². The molecule has 4 aromatic rings. The second-order valence-electron chi connectivity index (χ2n) is 6.96. The first-order valence-corrected chi connectivity index (χ1v) is 9.07. The van der Waals surface area contributed by atoms with Crippen LogP contribution in [-0.2, 0) is 0 Å². The lowest BCUT2D eigenvalue weighted by Gasteiger charge is -2.33. The molecule has 5 rings (SSSR count). The highest BCUT2D eigenvalue weighted by molar-refractivity contribution is 5.84. The number of nitrogens with one attached hydrogen (secondary N) is 1. The van der Waals surface area contributed by atoms with Crippen molar-refractivity contribution in [2.45, 2.75) is 13.0 Å². The minimum absolute atomic E-state index is 0.174. The van der Waals surface area contributed by atoms with Crippen LogP contribution in [0.2, 0.25) is 0 Å². The van der Waals surface area contributed by atoms with Crippen LogP contribution in [-0.4, -0.2) is 40.6 Å². The summed E-state index contributed by atoms with van der Waals surface area (Å²) in [6, 6.07) is 12.5. The Labute approximate surface area is 156 Å². The van der Waals surface area contributed by atoms with Crippen molar-refractivity contribution >= 4 is 33.8 Å². The summed E-state index contributed by atoms with van der Waals surface area (Å²) in [5, 5.41) is 3.47. The normalized spacial score (nSPS) is 17.7. The van der Waals surface area contributed by atoms with E-state index in [1.165, 1.54) is 0 Å². The highest BCUT2D eigenvalue weighted by atomic mass is 16.4. The number of hydrogen-bond donors (Lipinski definition) is 2. The molecule has 136 valence electrons. The largest absolute Gasteiger partial charge is 0.424 e. The van der Waals surface area contributed by atoms with Gasteiger partial charge in [0.15, 0.2) is 5.58 Å². The zero-order valence-corrected chi connectivity index (χ0v) is 15.0. The van der Waals surface area contributed by atoms with E-state index in [2.05, 4.69) is 33.2 Å². The predicted octanol–water partition coefficient (Wildman–Crippen LogP) is 2.82. The number of nitrogens with two attached hydrogens (primary N) is 1. The third-order valence-electron chi connectivity index (χ3n) is 4.96. The Bertz CT molecular complexity index is 1140. The van der Waals surface area contributed by atoms with Crippen LogP contribution in [0.25, 0.3) is 33.4 Å². The highest BCUT2D eigenvalue weighted by Gasteiger charge is 2.17. The molecule has 0 aliphatic carbocycles. The number of benzene rings is 1. The summed E-state index contributed by atoms with van der Waals surface area (Å²) in [7, 11) is 0. The summed E-state index contributed by atoms with van der Waals surface area (Å²) < 4.78 is 5.35. The molecule has 1 unspecified atom stereocenters. The lowest BCUT2D eigenvalue weighted by atomic mass is 10.1. The molecule has 0 bridgehead atoms. The number of nitrogens with zero attached hydrogens (tertiary/aromatic N) is 4. The first kappa shape index (κ1) is 16.0. The molecule has 0 spiro atoms. The maximum Gasteiger partial charge on any atom is 0.292 e. The molecule has 3 aromatic heterocycles. The van der Waals surface area contributed by atoms with E-state index in [1.54, 1.807) is 0 Å². The van der Waals surface area contributed by atoms with E-state index in [0.29, 0.717) is 11.6 Å². The van der Waals surface area contributed by atoms with E-state index >= 15 is 0 Å². The van der Waals surface area contributed by atoms with Gasteiger partial charge < -0.3 is 20.4 Å². The van der Waals surface area contributed by atoms with Gasteiger partial charge in [-0.1, -0.05) is 0 Å². The van der Waals surface area contributed by atoms with Crippen LogP contribution in [0, 0.1) is 0 Å². The van der Waals surface area contributed by atoms with Crippen molar-refractivity contribution in [1.82, 2.24) is 20.3 Å². The molecular formula is C20H20N6O. The number of rotatable bonds is 2. The monoisotopic (exact) mass is 360 g/mol. The summed E-state index contributed by atoms with van der Waals surface area (Å²) in [4.78, 5) is 16.0. The summed E-state index contributed by atoms with van der Waals surface area (Å²) >= 11 is 0. The number of nitrogen functional groups attached to an aromatic ring is 1. The molecule has 1 fully saturated rings. The fraction of sp³-hybridized carbons (Fsp3) is 0.250. The third-order valence-corrected chi connectivity index (χ3v) is 4.96. The van der Waals surface area contributed by atoms with Crippen molar-refractivity contribution in [3.8, 4) is 11.3 Å². The van der Waals surface area contributed by atoms with Gasteiger partial charge in [0.1, 0.15) is 5.52 Å². The number of pyridine rings is 2. The van der Waals surface area contributed by atoms with Gasteiger partial charge >= 0.3 is 0 Å². The van der Waals surface area contributed by atoms with Gasteiger partial charge in [-0.25, -0.2) is 4.98 Å². The Morgan fingerprint density at radius 1 is 1.11 bits per heavy atom. The summed E-state index contributed by atoms with van der Waals surface area (Å²) in [5.74, 6) is 0. The van der Waals surface area contributed by atoms with Gasteiger partial charge in [0.05, 0.1) is 28.6 Å². The van der Waals surface area contributed by atoms with E-state index in [9.17, 15) is 0 Å². The molecule has 3 N–H and O–H groups in total. The van der Waals surface area contributed by atoms with Gasteiger partial charge in [-0.2, -0.15) is 4.98 Å². The van der Waals surface area contributed by atoms with Crippen molar-refractivity contribution in [1.29, 1.82) is 0 Å². The molecule has 0 radical (unpaired) electrons. The van der Waals surface area contributed by atoms with Crippen LogP contribution in [0.5, 0.6) is 0 Å². The zero-order valence-electron chi connectivity index (χ0n) is 15.0. The molecule has 0 amide bonds. The topological polar surface area (TPSA) is 93.1 Å². The second-order valence-corrected chi connectivity index (χ2v) is 6.96. The first-order chi connectivity index (χ1) is 13.2. The second kappa shape index (κ2) is 6.21. The number of aromatic nitrogens is 3. The number of piperazine rings is 1. The van der Waals surface area contributed by atoms with Crippen LogP contribution in [0.15, 0.2) is 47.0 Å². The van der Waals surface area contributed by atoms with Crippen molar-refractivity contribution in [2.24, 2.45) is 0 Å². The van der Waals surface area contributed by atoms with E-state index < -0.39 is 0 Å². The molecule has 1 aliphatic heterocycles. The van der Waals surface area contributed by atoms with Crippen molar-refractivity contribution in [3.05, 3.63) is 42.6 Å². The molecule has 1 aromatic carbocycles. The van der Waals surface area contributed by atoms with E-state index in [-0.39, 0.29) is 6.01 Å². The number of hydrogen-bond acceptors (Lipinski definition) is 7. The molecule has 1 aliphatic rings. The van der Waals surface area contributed by atoms with Crippen LogP contribution in [0.1, 0.15) is 6.92 Å². The third kappa shape index (κ3) is 2.96. The molecule has 27 heavy (non-hydrogen) atoms. The number of anilines is 2. The number of oxazole rings is 1. The Balaban J connectivity index is 1.54. The molecule has 7 heteroatoms. The molecule has 4 heterocycles. The summed E-state index contributed by atoms with van der Waals surface area (Å²) in [6.45, 7) is 5.12. The molecule has 1 saturated heterocycles. The maximum atomic E-state index is 5.64. The smallest absolute Gasteiger partial charge is 0.292 e. The van der Waals surface area contributed by atoms with Crippen molar-refractivity contribution in [3.63, 3.8) is 0 Å². The Kier molecular flexibility index (Phi) is 3.68. The molecule has 1 atom stereocenters. The minimum Gasteiger partial charge on any atom is -0.424 e. The van der Waals surface area contributed by atoms with Crippen molar-refractivity contribution < 1.29 is 4.42 Å². The lowest BCUT2D eigenvalue weighted by molar-refractivity contribution is 0.484. The average Bonchev–Trinajstić information content (AvgIpc) is 3.06. The maximum absolute atomic E-state index is 5.64. The van der Waals surface area contributed by atoms with E-state index in [0.717, 1.165) is 53.1 Å². The van der Waals surface area contributed by atoms with Gasteiger partial charge in [-0.3, -0.25) is 4.98 Å². The van der Waals surface area contributed by atoms with Crippen molar-refractivity contribution in [2.75, 3.05) is 30.3 Å². The predicted molar refractivity (Wildman–Crippen MR) is 107 cm³/mol. The average molecular weight is 360 g/mol. The van der Waals surface area contributed by atoms with Gasteiger partial charge in [0, 0.05) is 31.2 Å². The minimum atomic E-state index is 0.174. The Morgan fingerprint density at radius 3 is 2.93 bits per heavy atom. The van der Waals surface area contributed by atoms with Crippen LogP contribution in [0.4, 0.5) is 11.7 Å². The highest BCUT2D eigenvalue weighted by Crippen LogP contribution is 2.27. The van der Waals surface area contributed by atoms with E-state index in [4.69, 9.17) is 15.1 Å². The molecule has 7 nitrogen and oxygen atoms in total. The van der Waals surface area contributed by atoms with Crippen LogP contribution < -0.4 is 16.0 Å². The quantitative estimate of drug-likeness (QED) is 0.568. The Hall–Kier alpha value is -3.19. The fourth-order valence-electron chi connectivity index (χ4n) is 3.60. The van der Waals surface area contributed by atoms with Crippen LogP contribution in [0.3, 0.4) is 0 Å². The molecular weight excluding hydrogens is 340 g/mol. The van der Waals surface area contributed by atoms with Gasteiger partial charge in [-0.15, -0.1) is 0 Å². The van der Waals surface area contributed by atoms with Crippen LogP contribution >= 0.6 is 0 Å². The van der Waals surface area contributed by atoms with E-state index in [1.807, 2.05) is 36.5 Å². The lowest BCUT2D eigenvalue weighted by Crippen LogP contribution is -2.49. The number of fused-ring (bicyclic) bond motifs is 2.